The SMILES string of the molecule is O=c1c2cccnc2nc2c1ccc1occcc12. The van der Waals surface area contributed by atoms with Crippen LogP contribution in [-0.4, -0.2) is 9.97 Å². The maximum Gasteiger partial charge on any atom is 0.199 e. The third-order valence-electron chi connectivity index (χ3n) is 3.21. The van der Waals surface area contributed by atoms with E-state index in [1.165, 1.54) is 0 Å². The first-order valence-electron chi connectivity index (χ1n) is 5.89. The Labute approximate surface area is 107 Å². The lowest BCUT2D eigenvalue weighted by molar-refractivity contribution is 0.604. The monoisotopic (exact) mass is 248 g/mol. The van der Waals surface area contributed by atoms with Crippen LogP contribution in [0.3, 0.4) is 0 Å². The van der Waals surface area contributed by atoms with Crippen molar-refractivity contribution >= 4 is 32.9 Å². The molecule has 0 fully saturated rings. The summed E-state index contributed by atoms with van der Waals surface area (Å²) in [5.41, 5.74) is 1.77. The Bertz CT molecular complexity index is 989. The van der Waals surface area contributed by atoms with Crippen LogP contribution in [-0.2, 0) is 0 Å². The largest absolute Gasteiger partial charge is 0.464 e. The lowest BCUT2D eigenvalue weighted by Gasteiger charge is -2.03. The number of hydrogen-bond acceptors (Lipinski definition) is 4. The Hall–Kier alpha value is -2.75. The highest BCUT2D eigenvalue weighted by atomic mass is 16.3. The summed E-state index contributed by atoms with van der Waals surface area (Å²) in [7, 11) is 0. The highest BCUT2D eigenvalue weighted by Gasteiger charge is 2.10. The number of aromatic nitrogens is 2. The molecular weight excluding hydrogens is 240 g/mol. The standard InChI is InChI=1S/C15H8N2O2/c18-14-10-5-6-12-9(4-2-8-19-12)13(10)17-15-11(14)3-1-7-16-15/h1-8H. The average molecular weight is 248 g/mol. The minimum atomic E-state index is -0.0427. The van der Waals surface area contributed by atoms with E-state index in [1.54, 1.807) is 42.8 Å². The molecule has 0 N–H and O–H groups in total. The molecule has 0 saturated carbocycles. The van der Waals surface area contributed by atoms with Crippen LogP contribution in [0, 0.1) is 0 Å². The first kappa shape index (κ1) is 10.2. The Morgan fingerprint density at radius 3 is 2.79 bits per heavy atom. The molecule has 0 saturated heterocycles. The fourth-order valence-corrected chi connectivity index (χ4v) is 2.32. The zero-order chi connectivity index (χ0) is 12.8. The molecule has 3 aromatic heterocycles. The van der Waals surface area contributed by atoms with Crippen LogP contribution < -0.4 is 5.43 Å². The maximum absolute atomic E-state index is 12.4. The first-order chi connectivity index (χ1) is 9.34. The van der Waals surface area contributed by atoms with E-state index < -0.39 is 0 Å². The summed E-state index contributed by atoms with van der Waals surface area (Å²) in [6.07, 6.45) is 3.24. The molecule has 4 nitrogen and oxygen atoms in total. The molecule has 0 aliphatic heterocycles. The minimum absolute atomic E-state index is 0.0427. The van der Waals surface area contributed by atoms with Gasteiger partial charge in [-0.15, -0.1) is 0 Å². The molecular formula is C15H8N2O2. The highest BCUT2D eigenvalue weighted by molar-refractivity contribution is 6.05. The van der Waals surface area contributed by atoms with Gasteiger partial charge in [0.1, 0.15) is 5.58 Å². The third kappa shape index (κ3) is 1.37. The predicted molar refractivity (Wildman–Crippen MR) is 73.1 cm³/mol. The molecule has 0 aliphatic carbocycles. The van der Waals surface area contributed by atoms with Crippen molar-refractivity contribution in [3.63, 3.8) is 0 Å². The van der Waals surface area contributed by atoms with E-state index in [0.717, 1.165) is 5.39 Å². The summed E-state index contributed by atoms with van der Waals surface area (Å²) in [5.74, 6) is 0. The topological polar surface area (TPSA) is 56.0 Å². The van der Waals surface area contributed by atoms with Crippen molar-refractivity contribution in [1.82, 2.24) is 9.97 Å². The highest BCUT2D eigenvalue weighted by Crippen LogP contribution is 2.23. The number of fused-ring (bicyclic) bond motifs is 4. The van der Waals surface area contributed by atoms with Gasteiger partial charge in [-0.25, -0.2) is 9.97 Å². The molecule has 0 bridgehead atoms. The van der Waals surface area contributed by atoms with Crippen molar-refractivity contribution in [2.75, 3.05) is 0 Å². The lowest BCUT2D eigenvalue weighted by Crippen LogP contribution is -2.05. The van der Waals surface area contributed by atoms with E-state index in [0.29, 0.717) is 27.5 Å². The van der Waals surface area contributed by atoms with Crippen molar-refractivity contribution in [3.8, 4) is 0 Å². The van der Waals surface area contributed by atoms with Crippen molar-refractivity contribution in [2.24, 2.45) is 0 Å². The van der Waals surface area contributed by atoms with Gasteiger partial charge in [0.25, 0.3) is 0 Å². The molecule has 90 valence electrons. The van der Waals surface area contributed by atoms with Gasteiger partial charge in [0, 0.05) is 17.0 Å². The van der Waals surface area contributed by atoms with Gasteiger partial charge in [-0.3, -0.25) is 4.79 Å². The fraction of sp³-hybridized carbons (Fsp3) is 0. The van der Waals surface area contributed by atoms with Gasteiger partial charge in [0.2, 0.25) is 0 Å². The quantitative estimate of drug-likeness (QED) is 0.354. The molecule has 0 unspecified atom stereocenters. The summed E-state index contributed by atoms with van der Waals surface area (Å²) in [6.45, 7) is 0. The summed E-state index contributed by atoms with van der Waals surface area (Å²) in [4.78, 5) is 21.1. The number of hydrogen-bond donors (Lipinski definition) is 0. The molecule has 0 amide bonds. The summed E-state index contributed by atoms with van der Waals surface area (Å²) < 4.78 is 5.41. The van der Waals surface area contributed by atoms with Crippen molar-refractivity contribution in [2.45, 2.75) is 0 Å². The Morgan fingerprint density at radius 2 is 1.84 bits per heavy atom. The molecule has 0 spiro atoms. The molecule has 4 heteroatoms. The smallest absolute Gasteiger partial charge is 0.199 e. The van der Waals surface area contributed by atoms with Gasteiger partial charge in [0.05, 0.1) is 17.2 Å². The number of nitrogens with zero attached hydrogens (tertiary/aromatic N) is 2. The normalized spacial score (nSPS) is 11.4. The van der Waals surface area contributed by atoms with Gasteiger partial charge >= 0.3 is 0 Å². The Morgan fingerprint density at radius 1 is 0.947 bits per heavy atom. The molecule has 0 radical (unpaired) electrons. The molecule has 1 aromatic carbocycles. The zero-order valence-electron chi connectivity index (χ0n) is 9.83. The summed E-state index contributed by atoms with van der Waals surface area (Å²) >= 11 is 0. The second-order valence-electron chi connectivity index (χ2n) is 4.30. The van der Waals surface area contributed by atoms with Crippen LogP contribution in [0.1, 0.15) is 0 Å². The zero-order valence-corrected chi connectivity index (χ0v) is 9.83. The molecule has 0 atom stereocenters. The fourth-order valence-electron chi connectivity index (χ4n) is 2.32. The van der Waals surface area contributed by atoms with Crippen LogP contribution in [0.15, 0.2) is 58.1 Å². The van der Waals surface area contributed by atoms with Crippen LogP contribution >= 0.6 is 0 Å². The molecule has 4 rings (SSSR count). The first-order valence-corrected chi connectivity index (χ1v) is 5.89. The minimum Gasteiger partial charge on any atom is -0.464 e. The summed E-state index contributed by atoms with van der Waals surface area (Å²) in [5, 5.41) is 1.96. The molecule has 0 aliphatic rings. The molecule has 19 heavy (non-hydrogen) atoms. The van der Waals surface area contributed by atoms with Gasteiger partial charge in [-0.05, 0) is 36.4 Å². The van der Waals surface area contributed by atoms with Crippen molar-refractivity contribution in [3.05, 3.63) is 59.1 Å². The number of rotatable bonds is 0. The average Bonchev–Trinajstić information content (AvgIpc) is 2.47. The lowest BCUT2D eigenvalue weighted by atomic mass is 10.1. The molecule has 4 aromatic rings. The number of benzene rings is 1. The third-order valence-corrected chi connectivity index (χ3v) is 3.21. The van der Waals surface area contributed by atoms with Gasteiger partial charge in [-0.2, -0.15) is 0 Å². The van der Waals surface area contributed by atoms with Crippen molar-refractivity contribution in [1.29, 1.82) is 0 Å². The van der Waals surface area contributed by atoms with E-state index in [1.807, 2.05) is 6.07 Å². The Kier molecular flexibility index (Phi) is 1.94. The van der Waals surface area contributed by atoms with Crippen molar-refractivity contribution < 1.29 is 4.42 Å². The predicted octanol–water partition coefficient (Wildman–Crippen LogP) is 2.89. The van der Waals surface area contributed by atoms with E-state index in [9.17, 15) is 4.79 Å². The van der Waals surface area contributed by atoms with Crippen LogP contribution in [0.25, 0.3) is 32.9 Å². The van der Waals surface area contributed by atoms with E-state index in [-0.39, 0.29) is 5.43 Å². The number of pyridine rings is 2. The second kappa shape index (κ2) is 3.62. The van der Waals surface area contributed by atoms with Gasteiger partial charge < -0.3 is 4.42 Å². The van der Waals surface area contributed by atoms with Crippen LogP contribution in [0.2, 0.25) is 0 Å². The Balaban J connectivity index is 2.36. The van der Waals surface area contributed by atoms with Crippen LogP contribution in [0.4, 0.5) is 0 Å². The van der Waals surface area contributed by atoms with E-state index in [2.05, 4.69) is 9.97 Å². The maximum atomic E-state index is 12.4. The summed E-state index contributed by atoms with van der Waals surface area (Å²) in [6, 6.07) is 10.7. The van der Waals surface area contributed by atoms with E-state index >= 15 is 0 Å². The van der Waals surface area contributed by atoms with Crippen LogP contribution in [0.5, 0.6) is 0 Å². The molecule has 3 heterocycles. The van der Waals surface area contributed by atoms with Gasteiger partial charge in [-0.1, -0.05) is 0 Å². The van der Waals surface area contributed by atoms with Gasteiger partial charge in [0.15, 0.2) is 11.1 Å². The second-order valence-corrected chi connectivity index (χ2v) is 4.30. The van der Waals surface area contributed by atoms with E-state index in [4.69, 9.17) is 4.42 Å².